The lowest BCUT2D eigenvalue weighted by Gasteiger charge is -2.29. The van der Waals surface area contributed by atoms with Crippen molar-refractivity contribution >= 4 is 29.4 Å². The fraction of sp³-hybridized carbons (Fsp3) is 0.471. The summed E-state index contributed by atoms with van der Waals surface area (Å²) >= 11 is 6.34. The van der Waals surface area contributed by atoms with Gasteiger partial charge in [-0.15, -0.1) is 0 Å². The van der Waals surface area contributed by atoms with Crippen LogP contribution in [-0.4, -0.2) is 75.8 Å². The van der Waals surface area contributed by atoms with E-state index in [1.54, 1.807) is 6.20 Å². The van der Waals surface area contributed by atoms with E-state index in [-0.39, 0.29) is 0 Å². The van der Waals surface area contributed by atoms with Crippen LogP contribution in [0.3, 0.4) is 0 Å². The minimum absolute atomic E-state index is 0.531. The number of halogens is 7. The van der Waals surface area contributed by atoms with E-state index < -0.39 is 24.3 Å². The number of aromatic nitrogens is 3. The number of alkyl halides is 6. The number of hydrogen-bond donors (Lipinski definition) is 3. The molecular weight excluding hydrogens is 504 g/mol. The highest BCUT2D eigenvalue weighted by atomic mass is 35.5. The van der Waals surface area contributed by atoms with E-state index in [9.17, 15) is 26.3 Å². The molecule has 34 heavy (non-hydrogen) atoms. The molecule has 0 atom stereocenters. The summed E-state index contributed by atoms with van der Waals surface area (Å²) in [6.45, 7) is 5.69. The lowest BCUT2D eigenvalue weighted by atomic mass is 10.2. The molecular formula is C17H18ClF6N5O5. The zero-order valence-electron chi connectivity index (χ0n) is 17.2. The van der Waals surface area contributed by atoms with Gasteiger partial charge in [0.15, 0.2) is 0 Å². The molecule has 2 aromatic rings. The number of carboxylic acid groups (broad SMARTS) is 2. The number of hydrogen-bond acceptors (Lipinski definition) is 8. The molecule has 0 radical (unpaired) electrons. The highest BCUT2D eigenvalue weighted by Gasteiger charge is 2.38. The molecule has 190 valence electrons. The van der Waals surface area contributed by atoms with Crippen LogP contribution in [0.1, 0.15) is 12.8 Å². The molecule has 10 nitrogen and oxygen atoms in total. The van der Waals surface area contributed by atoms with Gasteiger partial charge in [-0.2, -0.15) is 31.3 Å². The number of aliphatic carboxylic acids is 2. The Morgan fingerprint density at radius 1 is 1.12 bits per heavy atom. The third-order valence-corrected chi connectivity index (χ3v) is 4.03. The van der Waals surface area contributed by atoms with Crippen LogP contribution < -0.4 is 10.2 Å². The van der Waals surface area contributed by atoms with Crippen molar-refractivity contribution in [3.05, 3.63) is 23.2 Å². The Morgan fingerprint density at radius 2 is 1.62 bits per heavy atom. The summed E-state index contributed by atoms with van der Waals surface area (Å²) in [4.78, 5) is 28.7. The highest BCUT2D eigenvalue weighted by molar-refractivity contribution is 6.33. The lowest BCUT2D eigenvalue weighted by molar-refractivity contribution is -0.193. The van der Waals surface area contributed by atoms with Crippen LogP contribution in [0.5, 0.6) is 0 Å². The second-order valence-electron chi connectivity index (χ2n) is 6.24. The number of carbonyl (C=O) groups is 2. The topological polar surface area (TPSA) is 142 Å². The predicted molar refractivity (Wildman–Crippen MR) is 104 cm³/mol. The fourth-order valence-electron chi connectivity index (χ4n) is 2.18. The molecule has 0 amide bonds. The number of pyridine rings is 1. The molecule has 0 aromatic carbocycles. The van der Waals surface area contributed by atoms with E-state index in [4.69, 9.17) is 35.9 Å². The summed E-state index contributed by atoms with van der Waals surface area (Å²) in [5.41, 5.74) is 0.775. The molecule has 3 N–H and O–H groups in total. The molecule has 0 aliphatic carbocycles. The van der Waals surface area contributed by atoms with E-state index >= 15 is 0 Å². The van der Waals surface area contributed by atoms with Crippen molar-refractivity contribution in [2.75, 3.05) is 31.1 Å². The second-order valence-corrected chi connectivity index (χ2v) is 6.64. The van der Waals surface area contributed by atoms with Crippen molar-refractivity contribution in [3.63, 3.8) is 0 Å². The summed E-state index contributed by atoms with van der Waals surface area (Å²) in [6.07, 6.45) is -7.71. The zero-order valence-corrected chi connectivity index (χ0v) is 18.0. The molecule has 3 rings (SSSR count). The quantitative estimate of drug-likeness (QED) is 0.516. The third-order valence-electron chi connectivity index (χ3n) is 3.75. The Balaban J connectivity index is 0.000000343. The minimum Gasteiger partial charge on any atom is -0.475 e. The Kier molecular flexibility index (Phi) is 10.5. The van der Waals surface area contributed by atoms with Crippen molar-refractivity contribution in [2.24, 2.45) is 0 Å². The zero-order chi connectivity index (χ0) is 26.1. The van der Waals surface area contributed by atoms with Gasteiger partial charge in [0, 0.05) is 44.4 Å². The van der Waals surface area contributed by atoms with Gasteiger partial charge in [0.05, 0.1) is 5.02 Å². The van der Waals surface area contributed by atoms with Crippen molar-refractivity contribution in [1.82, 2.24) is 20.4 Å². The van der Waals surface area contributed by atoms with Crippen molar-refractivity contribution in [3.8, 4) is 11.4 Å². The highest BCUT2D eigenvalue weighted by Crippen LogP contribution is 2.28. The molecule has 0 saturated carbocycles. The molecule has 0 spiro atoms. The Labute approximate surface area is 192 Å². The van der Waals surface area contributed by atoms with Gasteiger partial charge < -0.3 is 25.0 Å². The van der Waals surface area contributed by atoms with Crippen molar-refractivity contribution in [1.29, 1.82) is 0 Å². The van der Waals surface area contributed by atoms with E-state index in [0.29, 0.717) is 23.2 Å². The molecule has 0 unspecified atom stereocenters. The van der Waals surface area contributed by atoms with Gasteiger partial charge in [-0.05, 0) is 6.07 Å². The van der Waals surface area contributed by atoms with Gasteiger partial charge in [0.2, 0.25) is 11.7 Å². The van der Waals surface area contributed by atoms with Gasteiger partial charge >= 0.3 is 24.3 Å². The van der Waals surface area contributed by atoms with Crippen LogP contribution in [0.25, 0.3) is 11.4 Å². The lowest BCUT2D eigenvalue weighted by Crippen LogP contribution is -2.44. The largest absolute Gasteiger partial charge is 0.490 e. The van der Waals surface area contributed by atoms with Crippen LogP contribution in [0.4, 0.5) is 32.2 Å². The summed E-state index contributed by atoms with van der Waals surface area (Å²) in [6, 6.07) is 1.84. The van der Waals surface area contributed by atoms with E-state index in [2.05, 4.69) is 25.3 Å². The maximum absolute atomic E-state index is 10.6. The second kappa shape index (κ2) is 12.4. The Morgan fingerprint density at radius 3 is 2.00 bits per heavy atom. The molecule has 1 aliphatic rings. The van der Waals surface area contributed by atoms with Crippen LogP contribution in [0, 0.1) is 0 Å². The molecule has 3 heterocycles. The Hall–Kier alpha value is -3.14. The molecule has 2 aromatic heterocycles. The molecule has 1 aliphatic heterocycles. The molecule has 1 fully saturated rings. The average molecular weight is 522 g/mol. The standard InChI is InChI=1S/C13H16ClN5O.2C2HF3O2/c1-2-11-17-12(18-20-11)9-7-10(14)13(16-8-9)19-5-3-15-4-6-19;2*3-2(4,5)1(6)7/h7-8,15H,2-6H2,1H3;2*(H,6,7). The maximum atomic E-state index is 10.6. The number of piperazine rings is 1. The fourth-order valence-corrected chi connectivity index (χ4v) is 2.46. The van der Waals surface area contributed by atoms with Crippen molar-refractivity contribution < 1.29 is 50.7 Å². The SMILES string of the molecule is CCc1nc(-c2cnc(N3CCNCC3)c(Cl)c2)no1.O=C(O)C(F)(F)F.O=C(O)C(F)(F)F. The summed E-state index contributed by atoms with van der Waals surface area (Å²) < 4.78 is 68.6. The Bertz CT molecular complexity index is 939. The first-order valence-electron chi connectivity index (χ1n) is 9.21. The first-order chi connectivity index (χ1) is 15.7. The van der Waals surface area contributed by atoms with Crippen molar-refractivity contribution in [2.45, 2.75) is 25.7 Å². The summed E-state index contributed by atoms with van der Waals surface area (Å²) in [7, 11) is 0. The molecule has 0 bridgehead atoms. The molecule has 17 heteroatoms. The summed E-state index contributed by atoms with van der Waals surface area (Å²) in [5, 5.41) is 22.1. The van der Waals surface area contributed by atoms with E-state index in [0.717, 1.165) is 37.6 Å². The number of rotatable bonds is 3. The minimum atomic E-state index is -5.08. The number of nitrogens with zero attached hydrogens (tertiary/aromatic N) is 4. The first kappa shape index (κ1) is 28.9. The van der Waals surface area contributed by atoms with Gasteiger partial charge in [0.1, 0.15) is 5.82 Å². The van der Waals surface area contributed by atoms with Crippen LogP contribution in [0.2, 0.25) is 5.02 Å². The van der Waals surface area contributed by atoms with Crippen LogP contribution >= 0.6 is 11.6 Å². The van der Waals surface area contributed by atoms with Crippen LogP contribution in [0.15, 0.2) is 16.8 Å². The number of anilines is 1. The van der Waals surface area contributed by atoms with E-state index in [1.807, 2.05) is 13.0 Å². The van der Waals surface area contributed by atoms with E-state index in [1.165, 1.54) is 0 Å². The predicted octanol–water partition coefficient (Wildman–Crippen LogP) is 3.02. The third kappa shape index (κ3) is 9.38. The monoisotopic (exact) mass is 521 g/mol. The number of nitrogens with one attached hydrogen (secondary N) is 1. The van der Waals surface area contributed by atoms with Gasteiger partial charge in [-0.3, -0.25) is 0 Å². The van der Waals surface area contributed by atoms with Crippen LogP contribution in [-0.2, 0) is 16.0 Å². The maximum Gasteiger partial charge on any atom is 0.490 e. The number of aryl methyl sites for hydroxylation is 1. The molecule has 1 saturated heterocycles. The first-order valence-corrected chi connectivity index (χ1v) is 9.59. The average Bonchev–Trinajstić information content (AvgIpc) is 3.23. The van der Waals surface area contributed by atoms with Gasteiger partial charge in [0.25, 0.3) is 0 Å². The normalized spacial score (nSPS) is 13.8. The summed E-state index contributed by atoms with van der Waals surface area (Å²) in [5.74, 6) is -3.55. The van der Waals surface area contributed by atoms with Gasteiger partial charge in [-0.1, -0.05) is 23.7 Å². The van der Waals surface area contributed by atoms with Gasteiger partial charge in [-0.25, -0.2) is 14.6 Å². The number of carboxylic acids is 2. The smallest absolute Gasteiger partial charge is 0.475 e.